The molecular weight excluding hydrogens is 226 g/mol. The summed E-state index contributed by atoms with van der Waals surface area (Å²) in [6.45, 7) is 0.933. The molecule has 0 saturated heterocycles. The number of fused-ring (bicyclic) bond motifs is 1. The summed E-state index contributed by atoms with van der Waals surface area (Å²) in [6.07, 6.45) is 4.10. The van der Waals surface area contributed by atoms with E-state index >= 15 is 0 Å². The number of anilines is 2. The third-order valence-corrected chi connectivity index (χ3v) is 3.18. The largest absolute Gasteiger partial charge is 0.398 e. The highest BCUT2D eigenvalue weighted by molar-refractivity contribution is 6.12. The van der Waals surface area contributed by atoms with E-state index < -0.39 is 0 Å². The van der Waals surface area contributed by atoms with Crippen LogP contribution < -0.4 is 11.1 Å². The third kappa shape index (κ3) is 1.72. The maximum atomic E-state index is 12.3. The topological polar surface area (TPSA) is 68.0 Å². The normalized spacial score (nSPS) is 12.9. The smallest absolute Gasteiger partial charge is 0.196 e. The number of aromatic nitrogens is 1. The van der Waals surface area contributed by atoms with Gasteiger partial charge in [-0.2, -0.15) is 0 Å². The lowest BCUT2D eigenvalue weighted by molar-refractivity contribution is 0.103. The second kappa shape index (κ2) is 4.14. The Balaban J connectivity index is 2.01. The Morgan fingerprint density at radius 2 is 2.22 bits per heavy atom. The number of nitrogen functional groups attached to an aromatic ring is 1. The van der Waals surface area contributed by atoms with Crippen molar-refractivity contribution in [1.82, 2.24) is 4.98 Å². The highest BCUT2D eigenvalue weighted by atomic mass is 16.1. The van der Waals surface area contributed by atoms with Gasteiger partial charge >= 0.3 is 0 Å². The Morgan fingerprint density at radius 3 is 3.06 bits per heavy atom. The molecule has 0 amide bonds. The fourth-order valence-electron chi connectivity index (χ4n) is 2.18. The van der Waals surface area contributed by atoms with E-state index in [2.05, 4.69) is 10.3 Å². The molecule has 1 aliphatic heterocycles. The average molecular weight is 239 g/mol. The highest BCUT2D eigenvalue weighted by Crippen LogP contribution is 2.25. The number of hydrogen-bond donors (Lipinski definition) is 2. The van der Waals surface area contributed by atoms with Crippen LogP contribution in [-0.4, -0.2) is 17.3 Å². The number of carbonyl (C=O) groups is 1. The molecule has 0 spiro atoms. The maximum absolute atomic E-state index is 12.3. The van der Waals surface area contributed by atoms with Crippen LogP contribution >= 0.6 is 0 Å². The van der Waals surface area contributed by atoms with Crippen molar-refractivity contribution in [2.75, 3.05) is 17.6 Å². The molecule has 4 nitrogen and oxygen atoms in total. The van der Waals surface area contributed by atoms with Gasteiger partial charge in [0.15, 0.2) is 5.78 Å². The summed E-state index contributed by atoms with van der Waals surface area (Å²) < 4.78 is 0. The van der Waals surface area contributed by atoms with Crippen molar-refractivity contribution in [1.29, 1.82) is 0 Å². The minimum absolute atomic E-state index is 0.0860. The number of rotatable bonds is 2. The van der Waals surface area contributed by atoms with Gasteiger partial charge < -0.3 is 11.1 Å². The standard InChI is InChI=1S/C14H13N3O/c15-12-4-5-16-8-11(12)14(18)10-2-1-9-3-6-17-13(9)7-10/h1-2,4-5,7-8,17H,3,6H2,(H2,15,16). The van der Waals surface area contributed by atoms with E-state index in [0.717, 1.165) is 18.7 Å². The van der Waals surface area contributed by atoms with E-state index in [4.69, 9.17) is 5.73 Å². The van der Waals surface area contributed by atoms with Crippen molar-refractivity contribution in [3.63, 3.8) is 0 Å². The number of benzene rings is 1. The Kier molecular flexibility index (Phi) is 2.48. The molecule has 1 aromatic carbocycles. The molecule has 1 aliphatic rings. The number of carbonyl (C=O) groups excluding carboxylic acids is 1. The second-order valence-corrected chi connectivity index (χ2v) is 4.34. The lowest BCUT2D eigenvalue weighted by Gasteiger charge is -2.06. The van der Waals surface area contributed by atoms with Crippen molar-refractivity contribution in [3.8, 4) is 0 Å². The van der Waals surface area contributed by atoms with Crippen LogP contribution in [0.25, 0.3) is 0 Å². The lowest BCUT2D eigenvalue weighted by Crippen LogP contribution is -2.06. The van der Waals surface area contributed by atoms with Crippen molar-refractivity contribution >= 4 is 17.2 Å². The van der Waals surface area contributed by atoms with E-state index in [1.807, 2.05) is 18.2 Å². The number of ketones is 1. The first-order chi connectivity index (χ1) is 8.75. The Bertz CT molecular complexity index is 622. The fraction of sp³-hybridized carbons (Fsp3) is 0.143. The van der Waals surface area contributed by atoms with Gasteiger partial charge in [-0.15, -0.1) is 0 Å². The van der Waals surface area contributed by atoms with E-state index in [1.165, 1.54) is 11.8 Å². The SMILES string of the molecule is Nc1ccncc1C(=O)c1ccc2c(c1)NCC2. The van der Waals surface area contributed by atoms with E-state index in [0.29, 0.717) is 16.8 Å². The van der Waals surface area contributed by atoms with Gasteiger partial charge in [0, 0.05) is 35.9 Å². The molecule has 3 rings (SSSR count). The van der Waals surface area contributed by atoms with Gasteiger partial charge in [-0.3, -0.25) is 9.78 Å². The molecule has 2 heterocycles. The predicted octanol–water partition coefficient (Wildman–Crippen LogP) is 1.86. The van der Waals surface area contributed by atoms with Gasteiger partial charge in [0.1, 0.15) is 0 Å². The summed E-state index contributed by atoms with van der Waals surface area (Å²) in [5, 5.41) is 3.26. The second-order valence-electron chi connectivity index (χ2n) is 4.34. The summed E-state index contributed by atoms with van der Waals surface area (Å²) in [7, 11) is 0. The lowest BCUT2D eigenvalue weighted by atomic mass is 10.0. The zero-order valence-corrected chi connectivity index (χ0v) is 9.81. The van der Waals surface area contributed by atoms with Crippen LogP contribution in [0, 0.1) is 0 Å². The first-order valence-electron chi connectivity index (χ1n) is 5.87. The zero-order valence-electron chi connectivity index (χ0n) is 9.81. The zero-order chi connectivity index (χ0) is 12.5. The minimum atomic E-state index is -0.0860. The van der Waals surface area contributed by atoms with E-state index in [9.17, 15) is 4.79 Å². The van der Waals surface area contributed by atoms with Crippen molar-refractivity contribution < 1.29 is 4.79 Å². The maximum Gasteiger partial charge on any atom is 0.196 e. The fourth-order valence-corrected chi connectivity index (χ4v) is 2.18. The average Bonchev–Trinajstić information content (AvgIpc) is 2.85. The van der Waals surface area contributed by atoms with Gasteiger partial charge in [0.05, 0.1) is 5.56 Å². The Hall–Kier alpha value is -2.36. The first-order valence-corrected chi connectivity index (χ1v) is 5.87. The molecule has 2 aromatic rings. The van der Waals surface area contributed by atoms with Crippen LogP contribution in [0.5, 0.6) is 0 Å². The number of nitrogens with two attached hydrogens (primary N) is 1. The van der Waals surface area contributed by atoms with E-state index in [-0.39, 0.29) is 5.78 Å². The molecule has 0 unspecified atom stereocenters. The molecule has 3 N–H and O–H groups in total. The number of nitrogens with zero attached hydrogens (tertiary/aromatic N) is 1. The van der Waals surface area contributed by atoms with Crippen LogP contribution in [0.4, 0.5) is 11.4 Å². The monoisotopic (exact) mass is 239 g/mol. The molecule has 0 radical (unpaired) electrons. The van der Waals surface area contributed by atoms with E-state index in [1.54, 1.807) is 12.3 Å². The first kappa shape index (κ1) is 10.8. The predicted molar refractivity (Wildman–Crippen MR) is 70.7 cm³/mol. The van der Waals surface area contributed by atoms with Crippen LogP contribution in [0.3, 0.4) is 0 Å². The minimum Gasteiger partial charge on any atom is -0.398 e. The summed E-state index contributed by atoms with van der Waals surface area (Å²) in [6, 6.07) is 7.37. The highest BCUT2D eigenvalue weighted by Gasteiger charge is 2.16. The molecule has 4 heteroatoms. The van der Waals surface area contributed by atoms with Crippen LogP contribution in [0.2, 0.25) is 0 Å². The van der Waals surface area contributed by atoms with Gasteiger partial charge in [-0.1, -0.05) is 12.1 Å². The quantitative estimate of drug-likeness (QED) is 0.785. The summed E-state index contributed by atoms with van der Waals surface area (Å²) in [5.74, 6) is -0.0860. The van der Waals surface area contributed by atoms with Crippen molar-refractivity contribution in [2.45, 2.75) is 6.42 Å². The van der Waals surface area contributed by atoms with Crippen LogP contribution in [0.15, 0.2) is 36.7 Å². The summed E-state index contributed by atoms with van der Waals surface area (Å²) >= 11 is 0. The molecule has 0 bridgehead atoms. The van der Waals surface area contributed by atoms with Crippen LogP contribution in [-0.2, 0) is 6.42 Å². The molecule has 0 fully saturated rings. The number of hydrogen-bond acceptors (Lipinski definition) is 4. The molecule has 0 saturated carbocycles. The van der Waals surface area contributed by atoms with Crippen LogP contribution in [0.1, 0.15) is 21.5 Å². The summed E-state index contributed by atoms with van der Waals surface area (Å²) in [5.41, 5.74) is 9.65. The summed E-state index contributed by atoms with van der Waals surface area (Å²) in [4.78, 5) is 16.3. The molecule has 0 atom stereocenters. The Morgan fingerprint density at radius 1 is 1.33 bits per heavy atom. The molecular formula is C14H13N3O. The molecule has 1 aromatic heterocycles. The van der Waals surface area contributed by atoms with Gasteiger partial charge in [0.2, 0.25) is 0 Å². The van der Waals surface area contributed by atoms with Gasteiger partial charge in [-0.25, -0.2) is 0 Å². The molecule has 18 heavy (non-hydrogen) atoms. The molecule has 90 valence electrons. The van der Waals surface area contributed by atoms with Gasteiger partial charge in [-0.05, 0) is 24.1 Å². The third-order valence-electron chi connectivity index (χ3n) is 3.18. The van der Waals surface area contributed by atoms with Crippen molar-refractivity contribution in [3.05, 3.63) is 53.3 Å². The van der Waals surface area contributed by atoms with Crippen molar-refractivity contribution in [2.24, 2.45) is 0 Å². The van der Waals surface area contributed by atoms with Gasteiger partial charge in [0.25, 0.3) is 0 Å². The molecule has 0 aliphatic carbocycles. The number of nitrogens with one attached hydrogen (secondary N) is 1. The Labute approximate surface area is 105 Å². The number of pyridine rings is 1.